The molecule has 0 N–H and O–H groups in total. The Labute approximate surface area is 304 Å². The molecule has 0 aliphatic carbocycles. The number of hydrogen-bond donors (Lipinski definition) is 0. The van der Waals surface area contributed by atoms with Crippen LogP contribution in [-0.4, -0.2) is 4.57 Å². The van der Waals surface area contributed by atoms with Crippen molar-refractivity contribution in [2.75, 3.05) is 0 Å². The summed E-state index contributed by atoms with van der Waals surface area (Å²) < 4.78 is 4.77. The molecule has 1 aromatic heterocycles. The number of hydrogen-bond acceptors (Lipinski definition) is 0. The van der Waals surface area contributed by atoms with Crippen LogP contribution in [0.5, 0.6) is 0 Å². The summed E-state index contributed by atoms with van der Waals surface area (Å²) in [5.41, 5.74) is 15.7. The fraction of sp³-hybridized carbons (Fsp3) is 0.204. The van der Waals surface area contributed by atoms with Crippen LogP contribution in [0.2, 0.25) is 0 Å². The summed E-state index contributed by atoms with van der Waals surface area (Å²) in [6.45, 7) is 13.9. The summed E-state index contributed by atoms with van der Waals surface area (Å²) in [5.74, 6) is 0.835. The number of aryl methyl sites for hydroxylation is 2. The molecule has 0 aliphatic heterocycles. The lowest BCUT2D eigenvalue weighted by atomic mass is 9.84. The molecule has 4 atom stereocenters. The molecule has 0 radical (unpaired) electrons. The Morgan fingerprint density at radius 1 is 0.431 bits per heavy atom. The highest BCUT2D eigenvalue weighted by Gasteiger charge is 2.29. The zero-order chi connectivity index (χ0) is 35.5. The summed E-state index contributed by atoms with van der Waals surface area (Å²) in [7, 11) is 0. The van der Waals surface area contributed by atoms with Crippen LogP contribution in [0.25, 0.3) is 11.4 Å². The van der Waals surface area contributed by atoms with Crippen LogP contribution >= 0.6 is 0 Å². The summed E-state index contributed by atoms with van der Waals surface area (Å²) in [4.78, 5) is 0. The molecule has 0 fully saturated rings. The van der Waals surface area contributed by atoms with Crippen LogP contribution in [0.4, 0.5) is 0 Å². The first-order valence-electron chi connectivity index (χ1n) is 18.4. The summed E-state index contributed by atoms with van der Waals surface area (Å²) in [6.07, 6.45) is 6.85. The number of aromatic nitrogens is 2. The van der Waals surface area contributed by atoms with Gasteiger partial charge in [0.2, 0.25) is 0 Å². The highest BCUT2D eigenvalue weighted by molar-refractivity contribution is 5.58. The van der Waals surface area contributed by atoms with Gasteiger partial charge >= 0.3 is 0 Å². The molecule has 1 heterocycles. The van der Waals surface area contributed by atoms with E-state index in [0.29, 0.717) is 0 Å². The van der Waals surface area contributed by atoms with Crippen molar-refractivity contribution in [1.29, 1.82) is 0 Å². The zero-order valence-corrected chi connectivity index (χ0v) is 30.8. The first-order chi connectivity index (χ1) is 24.8. The molecule has 2 nitrogen and oxygen atoms in total. The lowest BCUT2D eigenvalue weighted by Crippen LogP contribution is -2.32. The lowest BCUT2D eigenvalue weighted by Gasteiger charge is -2.23. The maximum Gasteiger partial charge on any atom is 0.254 e. The van der Waals surface area contributed by atoms with Crippen molar-refractivity contribution in [3.63, 3.8) is 0 Å². The van der Waals surface area contributed by atoms with Crippen molar-refractivity contribution in [1.82, 2.24) is 4.57 Å². The third-order valence-electron chi connectivity index (χ3n) is 10.8. The summed E-state index contributed by atoms with van der Waals surface area (Å²) in [5, 5.41) is 0. The van der Waals surface area contributed by atoms with E-state index >= 15 is 0 Å². The number of benzene rings is 6. The Morgan fingerprint density at radius 3 is 1.10 bits per heavy atom. The third kappa shape index (κ3) is 6.97. The molecule has 254 valence electrons. The Hall–Kier alpha value is -5.47. The van der Waals surface area contributed by atoms with E-state index in [1.165, 1.54) is 67.0 Å². The predicted octanol–water partition coefficient (Wildman–Crippen LogP) is 12.0. The van der Waals surface area contributed by atoms with Gasteiger partial charge in [-0.25, -0.2) is 9.13 Å². The number of imidazole rings is 1. The van der Waals surface area contributed by atoms with Gasteiger partial charge in [0, 0.05) is 45.9 Å². The van der Waals surface area contributed by atoms with Gasteiger partial charge in [-0.2, -0.15) is 0 Å². The summed E-state index contributed by atoms with van der Waals surface area (Å²) in [6, 6.07) is 53.3. The Balaban J connectivity index is 1.46. The van der Waals surface area contributed by atoms with E-state index in [0.717, 1.165) is 0 Å². The van der Waals surface area contributed by atoms with E-state index in [4.69, 9.17) is 0 Å². The van der Waals surface area contributed by atoms with Crippen LogP contribution in [0, 0.1) is 13.8 Å². The molecule has 0 spiro atoms. The largest absolute Gasteiger partial charge is 0.254 e. The van der Waals surface area contributed by atoms with Gasteiger partial charge in [-0.05, 0) is 36.1 Å². The molecular weight excluding hydrogens is 617 g/mol. The maximum atomic E-state index is 2.40. The van der Waals surface area contributed by atoms with E-state index in [1.54, 1.807) is 0 Å². The maximum absolute atomic E-state index is 2.40. The van der Waals surface area contributed by atoms with Crippen molar-refractivity contribution in [3.8, 4) is 11.4 Å². The Bertz CT molecular complexity index is 1920. The minimum Gasteiger partial charge on any atom is -0.201 e. The van der Waals surface area contributed by atoms with E-state index in [1.807, 2.05) is 0 Å². The minimum absolute atomic E-state index is 0.209. The molecular formula is C49H49N2+. The lowest BCUT2D eigenvalue weighted by molar-refractivity contribution is -0.596. The fourth-order valence-electron chi connectivity index (χ4n) is 7.89. The van der Waals surface area contributed by atoms with Crippen LogP contribution in [0.1, 0.15) is 107 Å². The van der Waals surface area contributed by atoms with Crippen LogP contribution < -0.4 is 4.57 Å². The van der Waals surface area contributed by atoms with Gasteiger partial charge in [-0.1, -0.05) is 184 Å². The standard InChI is InChI=1S/C49H49N2/c1-34-29-44(36(3)40-19-11-7-12-20-40)48(45(30-34)37(4)41-21-13-8-14-22-41)50-27-28-51(33-50)49-46(38(5)42-23-15-9-16-24-42)31-35(2)32-47(49)39(6)43-25-17-10-18-26-43/h7-33,36-39H,1-6H3/q+1/t36-,37-,38-,39-/m0/s1. The van der Waals surface area contributed by atoms with Gasteiger partial charge in [-0.15, -0.1) is 0 Å². The molecule has 0 aliphatic rings. The van der Waals surface area contributed by atoms with E-state index in [9.17, 15) is 0 Å². The monoisotopic (exact) mass is 665 g/mol. The van der Waals surface area contributed by atoms with Gasteiger partial charge in [0.1, 0.15) is 23.8 Å². The first-order valence-corrected chi connectivity index (χ1v) is 18.4. The van der Waals surface area contributed by atoms with Crippen molar-refractivity contribution < 1.29 is 4.57 Å². The third-order valence-corrected chi connectivity index (χ3v) is 10.8. The Kier molecular flexibility index (Phi) is 9.86. The molecule has 7 aromatic rings. The van der Waals surface area contributed by atoms with Crippen LogP contribution in [0.15, 0.2) is 164 Å². The zero-order valence-electron chi connectivity index (χ0n) is 30.8. The molecule has 0 amide bonds. The van der Waals surface area contributed by atoms with Gasteiger partial charge in [0.05, 0.1) is 0 Å². The van der Waals surface area contributed by atoms with E-state index in [2.05, 4.69) is 215 Å². The van der Waals surface area contributed by atoms with E-state index < -0.39 is 0 Å². The van der Waals surface area contributed by atoms with Crippen molar-refractivity contribution in [3.05, 3.63) is 220 Å². The predicted molar refractivity (Wildman–Crippen MR) is 213 cm³/mol. The Morgan fingerprint density at radius 2 is 0.745 bits per heavy atom. The molecule has 0 saturated heterocycles. The molecule has 51 heavy (non-hydrogen) atoms. The molecule has 2 heteroatoms. The van der Waals surface area contributed by atoms with Gasteiger partial charge in [0.15, 0.2) is 0 Å². The van der Waals surface area contributed by atoms with Gasteiger partial charge < -0.3 is 0 Å². The van der Waals surface area contributed by atoms with Crippen LogP contribution in [0.3, 0.4) is 0 Å². The quantitative estimate of drug-likeness (QED) is 0.129. The summed E-state index contributed by atoms with van der Waals surface area (Å²) >= 11 is 0. The molecule has 0 saturated carbocycles. The van der Waals surface area contributed by atoms with Crippen LogP contribution in [-0.2, 0) is 0 Å². The SMILES string of the molecule is Cc1cc([C@@H](C)c2ccccc2)c(-n2cc[n+](-c3c([C@@H](C)c4ccccc4)cc(C)cc3[C@@H](C)c3ccccc3)c2)c([C@@H](C)c2ccccc2)c1. The van der Waals surface area contributed by atoms with Gasteiger partial charge in [0.25, 0.3) is 6.33 Å². The topological polar surface area (TPSA) is 8.81 Å². The van der Waals surface area contributed by atoms with Crippen molar-refractivity contribution in [2.24, 2.45) is 0 Å². The second kappa shape index (κ2) is 14.8. The molecule has 6 aromatic carbocycles. The first kappa shape index (κ1) is 34.0. The van der Waals surface area contributed by atoms with Crippen molar-refractivity contribution >= 4 is 0 Å². The molecule has 0 unspecified atom stereocenters. The number of rotatable bonds is 10. The second-order valence-electron chi connectivity index (χ2n) is 14.3. The highest BCUT2D eigenvalue weighted by Crippen LogP contribution is 2.39. The smallest absolute Gasteiger partial charge is 0.201 e. The normalized spacial score (nSPS) is 13.8. The van der Waals surface area contributed by atoms with Crippen molar-refractivity contribution in [2.45, 2.75) is 65.2 Å². The average molecular weight is 666 g/mol. The van der Waals surface area contributed by atoms with Gasteiger partial charge in [-0.3, -0.25) is 0 Å². The number of nitrogens with zero attached hydrogens (tertiary/aromatic N) is 2. The molecule has 7 rings (SSSR count). The minimum atomic E-state index is 0.209. The molecule has 0 bridgehead atoms. The second-order valence-corrected chi connectivity index (χ2v) is 14.3. The van der Waals surface area contributed by atoms with E-state index in [-0.39, 0.29) is 23.7 Å². The fourth-order valence-corrected chi connectivity index (χ4v) is 7.89. The highest BCUT2D eigenvalue weighted by atomic mass is 15.1. The average Bonchev–Trinajstić information content (AvgIpc) is 3.66.